The SMILES string of the molecule is CSCc1ccnc(C(=N)N)c1. The van der Waals surface area contributed by atoms with Crippen molar-refractivity contribution in [1.82, 2.24) is 4.98 Å². The van der Waals surface area contributed by atoms with Crippen molar-refractivity contribution in [2.24, 2.45) is 5.73 Å². The summed E-state index contributed by atoms with van der Waals surface area (Å²) >= 11 is 1.74. The fourth-order valence-corrected chi connectivity index (χ4v) is 1.39. The molecule has 0 saturated heterocycles. The Hall–Kier alpha value is -1.03. The average Bonchev–Trinajstić information content (AvgIpc) is 2.05. The van der Waals surface area contributed by atoms with Gasteiger partial charge in [0.25, 0.3) is 0 Å². The van der Waals surface area contributed by atoms with E-state index in [9.17, 15) is 0 Å². The van der Waals surface area contributed by atoms with E-state index >= 15 is 0 Å². The number of nitrogens with one attached hydrogen (secondary N) is 1. The second kappa shape index (κ2) is 4.11. The minimum absolute atomic E-state index is 0.0259. The van der Waals surface area contributed by atoms with Crippen molar-refractivity contribution in [2.45, 2.75) is 5.75 Å². The molecule has 0 amide bonds. The zero-order valence-electron chi connectivity index (χ0n) is 6.87. The van der Waals surface area contributed by atoms with Gasteiger partial charge < -0.3 is 5.73 Å². The van der Waals surface area contributed by atoms with Gasteiger partial charge in [0.15, 0.2) is 0 Å². The number of nitrogens with zero attached hydrogens (tertiary/aromatic N) is 1. The first-order chi connectivity index (χ1) is 5.74. The number of thioether (sulfide) groups is 1. The van der Waals surface area contributed by atoms with E-state index in [-0.39, 0.29) is 5.84 Å². The van der Waals surface area contributed by atoms with E-state index in [4.69, 9.17) is 11.1 Å². The molecule has 3 N–H and O–H groups in total. The van der Waals surface area contributed by atoms with E-state index in [1.807, 2.05) is 18.4 Å². The van der Waals surface area contributed by atoms with Gasteiger partial charge in [0.2, 0.25) is 0 Å². The van der Waals surface area contributed by atoms with Crippen LogP contribution in [0.1, 0.15) is 11.3 Å². The molecule has 1 heterocycles. The third-order valence-electron chi connectivity index (χ3n) is 1.41. The van der Waals surface area contributed by atoms with E-state index in [0.717, 1.165) is 11.3 Å². The molecule has 0 aliphatic heterocycles. The second-order valence-electron chi connectivity index (χ2n) is 2.40. The molecule has 1 rings (SSSR count). The van der Waals surface area contributed by atoms with Crippen molar-refractivity contribution in [3.63, 3.8) is 0 Å². The van der Waals surface area contributed by atoms with Crippen LogP contribution < -0.4 is 5.73 Å². The van der Waals surface area contributed by atoms with Crippen molar-refractivity contribution in [1.29, 1.82) is 5.41 Å². The van der Waals surface area contributed by atoms with Gasteiger partial charge in [-0.05, 0) is 24.0 Å². The summed E-state index contributed by atoms with van der Waals surface area (Å²) in [4.78, 5) is 3.96. The fourth-order valence-electron chi connectivity index (χ4n) is 0.878. The summed E-state index contributed by atoms with van der Waals surface area (Å²) < 4.78 is 0. The van der Waals surface area contributed by atoms with Gasteiger partial charge >= 0.3 is 0 Å². The lowest BCUT2D eigenvalue weighted by Crippen LogP contribution is -2.13. The monoisotopic (exact) mass is 181 g/mol. The molecule has 4 heteroatoms. The van der Waals surface area contributed by atoms with Crippen LogP contribution in [-0.4, -0.2) is 17.1 Å². The molecule has 0 aliphatic rings. The Balaban J connectivity index is 2.88. The Labute approximate surface area is 75.9 Å². The van der Waals surface area contributed by atoms with E-state index < -0.39 is 0 Å². The first-order valence-electron chi connectivity index (χ1n) is 3.52. The van der Waals surface area contributed by atoms with Gasteiger partial charge in [0.05, 0.1) is 0 Å². The lowest BCUT2D eigenvalue weighted by Gasteiger charge is -2.00. The number of rotatable bonds is 3. The number of pyridine rings is 1. The first-order valence-corrected chi connectivity index (χ1v) is 4.91. The molecule has 0 spiro atoms. The molecule has 0 bridgehead atoms. The van der Waals surface area contributed by atoms with Crippen molar-refractivity contribution < 1.29 is 0 Å². The molecule has 3 nitrogen and oxygen atoms in total. The summed E-state index contributed by atoms with van der Waals surface area (Å²) in [5, 5.41) is 7.17. The highest BCUT2D eigenvalue weighted by atomic mass is 32.2. The van der Waals surface area contributed by atoms with Gasteiger partial charge in [-0.3, -0.25) is 10.4 Å². The molecule has 0 saturated carbocycles. The predicted molar refractivity (Wildman–Crippen MR) is 52.5 cm³/mol. The van der Waals surface area contributed by atoms with Crippen LogP contribution in [0.2, 0.25) is 0 Å². The third-order valence-corrected chi connectivity index (χ3v) is 2.03. The van der Waals surface area contributed by atoms with Crippen molar-refractivity contribution >= 4 is 17.6 Å². The summed E-state index contributed by atoms with van der Waals surface area (Å²) in [6, 6.07) is 3.78. The molecule has 0 atom stereocenters. The summed E-state index contributed by atoms with van der Waals surface area (Å²) in [5.41, 5.74) is 7.01. The summed E-state index contributed by atoms with van der Waals surface area (Å²) in [5.74, 6) is 0.959. The molecule has 0 aliphatic carbocycles. The Morgan fingerprint density at radius 2 is 2.50 bits per heavy atom. The minimum atomic E-state index is 0.0259. The highest BCUT2D eigenvalue weighted by Crippen LogP contribution is 2.08. The quantitative estimate of drug-likeness (QED) is 0.544. The van der Waals surface area contributed by atoms with Crippen molar-refractivity contribution in [3.8, 4) is 0 Å². The number of hydrogen-bond acceptors (Lipinski definition) is 3. The Bertz CT molecular complexity index is 285. The number of amidine groups is 1. The summed E-state index contributed by atoms with van der Waals surface area (Å²) in [7, 11) is 0. The van der Waals surface area contributed by atoms with Gasteiger partial charge in [-0.2, -0.15) is 11.8 Å². The van der Waals surface area contributed by atoms with Crippen LogP contribution in [0.15, 0.2) is 18.3 Å². The Morgan fingerprint density at radius 1 is 1.75 bits per heavy atom. The number of aromatic nitrogens is 1. The number of hydrogen-bond donors (Lipinski definition) is 2. The number of nitrogens with two attached hydrogens (primary N) is 1. The highest BCUT2D eigenvalue weighted by molar-refractivity contribution is 7.97. The molecule has 0 aromatic carbocycles. The maximum Gasteiger partial charge on any atom is 0.141 e. The van der Waals surface area contributed by atoms with E-state index in [2.05, 4.69) is 4.98 Å². The average molecular weight is 181 g/mol. The van der Waals surface area contributed by atoms with Crippen LogP contribution in [0.5, 0.6) is 0 Å². The Kier molecular flexibility index (Phi) is 3.10. The molecule has 0 fully saturated rings. The molecular formula is C8H11N3S. The molecule has 0 unspecified atom stereocenters. The van der Waals surface area contributed by atoms with Crippen molar-refractivity contribution in [3.05, 3.63) is 29.6 Å². The fraction of sp³-hybridized carbons (Fsp3) is 0.250. The standard InChI is InChI=1S/C8H11N3S/c1-12-5-6-2-3-11-7(4-6)8(9)10/h2-4H,5H2,1H3,(H3,9,10). The highest BCUT2D eigenvalue weighted by Gasteiger charge is 1.98. The second-order valence-corrected chi connectivity index (χ2v) is 3.26. The molecule has 0 radical (unpaired) electrons. The lowest BCUT2D eigenvalue weighted by molar-refractivity contribution is 1.22. The predicted octanol–water partition coefficient (Wildman–Crippen LogP) is 1.23. The summed E-state index contributed by atoms with van der Waals surface area (Å²) in [6.45, 7) is 0. The van der Waals surface area contributed by atoms with E-state index in [1.165, 1.54) is 0 Å². The first kappa shape index (κ1) is 9.06. The lowest BCUT2D eigenvalue weighted by atomic mass is 10.2. The van der Waals surface area contributed by atoms with Crippen LogP contribution in [0.3, 0.4) is 0 Å². The normalized spacial score (nSPS) is 9.75. The van der Waals surface area contributed by atoms with E-state index in [0.29, 0.717) is 5.69 Å². The maximum atomic E-state index is 7.17. The molecule has 1 aromatic heterocycles. The molecule has 12 heavy (non-hydrogen) atoms. The maximum absolute atomic E-state index is 7.17. The Morgan fingerprint density at radius 3 is 3.08 bits per heavy atom. The van der Waals surface area contributed by atoms with Crippen LogP contribution in [0.4, 0.5) is 0 Å². The van der Waals surface area contributed by atoms with Gasteiger partial charge in [-0.15, -0.1) is 0 Å². The third kappa shape index (κ3) is 2.23. The largest absolute Gasteiger partial charge is 0.382 e. The smallest absolute Gasteiger partial charge is 0.141 e. The van der Waals surface area contributed by atoms with E-state index in [1.54, 1.807) is 18.0 Å². The molecular weight excluding hydrogens is 170 g/mol. The van der Waals surface area contributed by atoms with Crippen LogP contribution in [0.25, 0.3) is 0 Å². The van der Waals surface area contributed by atoms with Crippen LogP contribution in [0, 0.1) is 5.41 Å². The van der Waals surface area contributed by atoms with Gasteiger partial charge in [-0.1, -0.05) is 0 Å². The molecule has 64 valence electrons. The van der Waals surface area contributed by atoms with Gasteiger partial charge in [0.1, 0.15) is 11.5 Å². The van der Waals surface area contributed by atoms with Crippen LogP contribution >= 0.6 is 11.8 Å². The zero-order chi connectivity index (χ0) is 8.97. The van der Waals surface area contributed by atoms with Gasteiger partial charge in [0, 0.05) is 11.9 Å². The zero-order valence-corrected chi connectivity index (χ0v) is 7.69. The molecule has 1 aromatic rings. The van der Waals surface area contributed by atoms with Crippen LogP contribution in [-0.2, 0) is 5.75 Å². The van der Waals surface area contributed by atoms with Gasteiger partial charge in [-0.25, -0.2) is 0 Å². The summed E-state index contributed by atoms with van der Waals surface area (Å²) in [6.07, 6.45) is 3.72. The van der Waals surface area contributed by atoms with Crippen molar-refractivity contribution in [2.75, 3.05) is 6.26 Å². The number of nitrogen functional groups attached to an aromatic ring is 1. The topological polar surface area (TPSA) is 62.8 Å². The minimum Gasteiger partial charge on any atom is -0.382 e.